The number of amides is 1. The first-order valence-corrected chi connectivity index (χ1v) is 8.68. The number of hydrogen-bond acceptors (Lipinski definition) is 8. The Hall–Kier alpha value is -1.95. The maximum Gasteiger partial charge on any atom is 0.280 e. The van der Waals surface area contributed by atoms with Crippen molar-refractivity contribution in [3.63, 3.8) is 0 Å². The van der Waals surface area contributed by atoms with E-state index in [4.69, 9.17) is 0 Å². The van der Waals surface area contributed by atoms with E-state index in [0.29, 0.717) is 0 Å². The molecule has 0 unspecified atom stereocenters. The summed E-state index contributed by atoms with van der Waals surface area (Å²) in [6.07, 6.45) is -0.928. The number of carbonyl (C=O) groups is 1. The average molecular weight is 369 g/mol. The first kappa shape index (κ1) is 17.9. The number of imidazole rings is 1. The van der Waals surface area contributed by atoms with Crippen LogP contribution in [0.1, 0.15) is 19.2 Å². The summed E-state index contributed by atoms with van der Waals surface area (Å²) >= 11 is 1.16. The lowest BCUT2D eigenvalue weighted by molar-refractivity contribution is -0.118. The van der Waals surface area contributed by atoms with Gasteiger partial charge in [0.25, 0.3) is 5.56 Å². The van der Waals surface area contributed by atoms with E-state index in [1.807, 2.05) is 0 Å². The van der Waals surface area contributed by atoms with E-state index in [1.165, 1.54) is 10.9 Å². The first-order chi connectivity index (χ1) is 11.8. The minimum absolute atomic E-state index is 0.0188. The largest absolute Gasteiger partial charge is 0.395 e. The molecule has 3 rings (SSSR count). The van der Waals surface area contributed by atoms with Gasteiger partial charge in [-0.15, -0.1) is 11.8 Å². The molecule has 0 radical (unpaired) electrons. The van der Waals surface area contributed by atoms with Gasteiger partial charge in [0.1, 0.15) is 11.5 Å². The fourth-order valence-electron chi connectivity index (χ4n) is 2.54. The molecule has 1 fully saturated rings. The van der Waals surface area contributed by atoms with Crippen LogP contribution in [0.25, 0.3) is 11.2 Å². The molecule has 11 heteroatoms. The van der Waals surface area contributed by atoms with Crippen molar-refractivity contribution in [3.05, 3.63) is 16.7 Å². The highest BCUT2D eigenvalue weighted by atomic mass is 32.2. The lowest BCUT2D eigenvalue weighted by Gasteiger charge is -2.17. The second-order valence-electron chi connectivity index (χ2n) is 6.11. The number of aliphatic hydroxyl groups is 3. The van der Waals surface area contributed by atoms with Gasteiger partial charge in [-0.05, 0) is 0 Å². The molecule has 1 saturated heterocycles. The zero-order valence-corrected chi connectivity index (χ0v) is 14.4. The van der Waals surface area contributed by atoms with Crippen molar-refractivity contribution in [3.8, 4) is 0 Å². The second-order valence-corrected chi connectivity index (χ2v) is 7.47. The number of nitrogens with zero attached hydrogens (tertiary/aromatic N) is 3. The molecule has 1 aliphatic heterocycles. The fraction of sp³-hybridized carbons (Fsp3) is 0.571. The van der Waals surface area contributed by atoms with E-state index in [2.05, 4.69) is 20.3 Å². The smallest absolute Gasteiger partial charge is 0.280 e. The Morgan fingerprint density at radius 3 is 2.76 bits per heavy atom. The number of aromatic nitrogens is 4. The quantitative estimate of drug-likeness (QED) is 0.462. The predicted octanol–water partition coefficient (Wildman–Crippen LogP) is -0.958. The highest BCUT2D eigenvalue weighted by Crippen LogP contribution is 2.42. The van der Waals surface area contributed by atoms with Gasteiger partial charge in [0.2, 0.25) is 11.9 Å². The van der Waals surface area contributed by atoms with E-state index in [-0.39, 0.29) is 35.5 Å². The third kappa shape index (κ3) is 3.15. The summed E-state index contributed by atoms with van der Waals surface area (Å²) in [6, 6.07) is 0. The van der Waals surface area contributed by atoms with Crippen molar-refractivity contribution < 1.29 is 20.1 Å². The highest BCUT2D eigenvalue weighted by Gasteiger charge is 2.43. The molecular formula is C14H19N5O5S. The molecule has 2 aromatic heterocycles. The Morgan fingerprint density at radius 1 is 1.44 bits per heavy atom. The van der Waals surface area contributed by atoms with Crippen molar-refractivity contribution in [2.75, 3.05) is 11.9 Å². The van der Waals surface area contributed by atoms with Gasteiger partial charge in [-0.1, -0.05) is 13.8 Å². The molecule has 0 aromatic carbocycles. The Morgan fingerprint density at radius 2 is 2.16 bits per heavy atom. The summed E-state index contributed by atoms with van der Waals surface area (Å²) in [4.78, 5) is 34.6. The van der Waals surface area contributed by atoms with Gasteiger partial charge >= 0.3 is 0 Å². The van der Waals surface area contributed by atoms with E-state index >= 15 is 0 Å². The summed E-state index contributed by atoms with van der Waals surface area (Å²) < 4.78 is 1.46. The summed E-state index contributed by atoms with van der Waals surface area (Å²) in [5.74, 6) is -0.618. The number of aliphatic hydroxyl groups excluding tert-OH is 3. The minimum atomic E-state index is -1.16. The number of aromatic amines is 1. The van der Waals surface area contributed by atoms with Gasteiger partial charge in [0, 0.05) is 5.92 Å². The van der Waals surface area contributed by atoms with Gasteiger partial charge in [-0.25, -0.2) is 4.98 Å². The summed E-state index contributed by atoms with van der Waals surface area (Å²) in [5.41, 5.74) is -0.304. The Bertz CT molecular complexity index is 850. The Labute approximate surface area is 146 Å². The molecule has 10 nitrogen and oxygen atoms in total. The standard InChI is InChI=1S/C14H19N5O5S/c1-5(2)11(23)17-14-16-10-7(12(24)18-14)15-4-19(10)13-9(22)8(21)6(3-20)25-13/h4-6,8-9,13,20-22H,3H2,1-2H3,(H2,16,17,18,23,24)/t6-,8-,9-,13-/m1/s1. The number of thioether (sulfide) groups is 1. The van der Waals surface area contributed by atoms with Crippen LogP contribution >= 0.6 is 11.8 Å². The summed E-state index contributed by atoms with van der Waals surface area (Å²) in [6.45, 7) is 3.12. The number of rotatable bonds is 4. The van der Waals surface area contributed by atoms with Crippen LogP contribution in [0.5, 0.6) is 0 Å². The van der Waals surface area contributed by atoms with E-state index in [1.54, 1.807) is 13.8 Å². The summed E-state index contributed by atoms with van der Waals surface area (Å²) in [7, 11) is 0. The molecule has 0 spiro atoms. The van der Waals surface area contributed by atoms with Crippen LogP contribution in [-0.2, 0) is 4.79 Å². The topological polar surface area (TPSA) is 153 Å². The second kappa shape index (κ2) is 6.75. The van der Waals surface area contributed by atoms with Crippen LogP contribution in [-0.4, -0.2) is 64.8 Å². The average Bonchev–Trinajstić information content (AvgIpc) is 3.10. The van der Waals surface area contributed by atoms with Gasteiger partial charge in [-0.2, -0.15) is 4.98 Å². The molecule has 0 aliphatic carbocycles. The number of fused-ring (bicyclic) bond motifs is 1. The van der Waals surface area contributed by atoms with Crippen molar-refractivity contribution >= 4 is 34.8 Å². The van der Waals surface area contributed by atoms with E-state index in [9.17, 15) is 24.9 Å². The lowest BCUT2D eigenvalue weighted by Crippen LogP contribution is -2.32. The number of hydrogen-bond donors (Lipinski definition) is 5. The van der Waals surface area contributed by atoms with E-state index < -0.39 is 28.4 Å². The third-order valence-electron chi connectivity index (χ3n) is 3.99. The van der Waals surface area contributed by atoms with Crippen LogP contribution in [0.15, 0.2) is 11.1 Å². The predicted molar refractivity (Wildman–Crippen MR) is 91.1 cm³/mol. The van der Waals surface area contributed by atoms with E-state index in [0.717, 1.165) is 11.8 Å². The summed E-state index contributed by atoms with van der Waals surface area (Å²) in [5, 5.41) is 30.8. The number of carbonyl (C=O) groups excluding carboxylic acids is 1. The number of nitrogens with one attached hydrogen (secondary N) is 2. The number of H-pyrrole nitrogens is 1. The van der Waals surface area contributed by atoms with Crippen molar-refractivity contribution in [2.24, 2.45) is 5.92 Å². The zero-order chi connectivity index (χ0) is 18.3. The third-order valence-corrected chi connectivity index (χ3v) is 5.55. The maximum absolute atomic E-state index is 12.2. The SMILES string of the molecule is CC(C)C(=O)Nc1nc2c(ncn2[C@@H]2S[C@H](CO)[C@@H](O)[C@H]2O)c(=O)[nH]1. The molecule has 3 heterocycles. The molecular weight excluding hydrogens is 350 g/mol. The molecule has 2 aromatic rings. The van der Waals surface area contributed by atoms with Gasteiger partial charge < -0.3 is 15.3 Å². The molecule has 1 amide bonds. The maximum atomic E-state index is 12.2. The molecule has 25 heavy (non-hydrogen) atoms. The minimum Gasteiger partial charge on any atom is -0.395 e. The Balaban J connectivity index is 2.01. The highest BCUT2D eigenvalue weighted by molar-refractivity contribution is 8.00. The van der Waals surface area contributed by atoms with Crippen LogP contribution in [0.3, 0.4) is 0 Å². The van der Waals surface area contributed by atoms with Crippen LogP contribution in [0.4, 0.5) is 5.95 Å². The molecule has 0 saturated carbocycles. The monoisotopic (exact) mass is 369 g/mol. The van der Waals surface area contributed by atoms with Crippen molar-refractivity contribution in [1.82, 2.24) is 19.5 Å². The lowest BCUT2D eigenvalue weighted by atomic mass is 10.1. The Kier molecular flexibility index (Phi) is 4.82. The fourth-order valence-corrected chi connectivity index (χ4v) is 3.92. The van der Waals surface area contributed by atoms with Crippen molar-refractivity contribution in [1.29, 1.82) is 0 Å². The van der Waals surface area contributed by atoms with Crippen molar-refractivity contribution in [2.45, 2.75) is 36.7 Å². The first-order valence-electron chi connectivity index (χ1n) is 7.73. The van der Waals surface area contributed by atoms with Crippen LogP contribution < -0.4 is 10.9 Å². The number of anilines is 1. The normalized spacial score (nSPS) is 26.5. The zero-order valence-electron chi connectivity index (χ0n) is 13.6. The van der Waals surface area contributed by atoms with Gasteiger partial charge in [0.15, 0.2) is 11.2 Å². The molecule has 1 aliphatic rings. The van der Waals surface area contributed by atoms with Crippen LogP contribution in [0.2, 0.25) is 0 Å². The molecule has 5 N–H and O–H groups in total. The van der Waals surface area contributed by atoms with Gasteiger partial charge in [-0.3, -0.25) is 24.5 Å². The molecule has 136 valence electrons. The molecule has 0 bridgehead atoms. The molecule has 4 atom stereocenters. The van der Waals surface area contributed by atoms with Gasteiger partial charge in [0.05, 0.1) is 24.3 Å². The van der Waals surface area contributed by atoms with Crippen LogP contribution in [0, 0.1) is 5.92 Å².